The van der Waals surface area contributed by atoms with E-state index in [0.717, 1.165) is 49.4 Å². The lowest BCUT2D eigenvalue weighted by Gasteiger charge is -2.43. The van der Waals surface area contributed by atoms with Crippen molar-refractivity contribution < 1.29 is 27.5 Å². The molecule has 2 saturated carbocycles. The molecule has 0 spiro atoms. The van der Waals surface area contributed by atoms with Crippen LogP contribution in [0, 0.1) is 29.6 Å². The van der Waals surface area contributed by atoms with Gasteiger partial charge in [-0.25, -0.2) is 0 Å². The summed E-state index contributed by atoms with van der Waals surface area (Å²) in [5.74, 6) is -2.64. The highest BCUT2D eigenvalue weighted by atomic mass is 35.5. The molecule has 46 heavy (non-hydrogen) atoms. The van der Waals surface area contributed by atoms with Crippen LogP contribution >= 0.6 is 46.3 Å². The van der Waals surface area contributed by atoms with E-state index in [1.54, 1.807) is 18.2 Å². The van der Waals surface area contributed by atoms with Crippen molar-refractivity contribution in [1.29, 1.82) is 0 Å². The minimum absolute atomic E-state index is 0.0687. The zero-order valence-electron chi connectivity index (χ0n) is 23.6. The molecule has 1 saturated heterocycles. The third-order valence-corrected chi connectivity index (χ3v) is 12.8. The SMILES string of the molecule is O=C1C2C3CC(C2C(=O)N1c1cccc(C(F)(F)F)c1)C1C3Sc2[nH]c(=O)sc2[C@@H]1c1cc(Cl)ccc1OCc1cccc(Cl)c1. The number of H-pyrrole nitrogens is 1. The lowest BCUT2D eigenvalue weighted by molar-refractivity contribution is -0.137. The van der Waals surface area contributed by atoms with Crippen LogP contribution in [0.4, 0.5) is 18.9 Å². The van der Waals surface area contributed by atoms with Crippen LogP contribution in [0.5, 0.6) is 5.75 Å². The number of ether oxygens (including phenoxy) is 1. The largest absolute Gasteiger partial charge is 0.489 e. The van der Waals surface area contributed by atoms with Gasteiger partial charge in [-0.15, -0.1) is 11.8 Å². The van der Waals surface area contributed by atoms with Crippen LogP contribution in [0.15, 0.2) is 76.6 Å². The van der Waals surface area contributed by atoms with Gasteiger partial charge in [0.25, 0.3) is 0 Å². The number of hydrogen-bond acceptors (Lipinski definition) is 6. The quantitative estimate of drug-likeness (QED) is 0.213. The van der Waals surface area contributed by atoms with Gasteiger partial charge in [-0.3, -0.25) is 19.3 Å². The molecule has 7 atom stereocenters. The lowest BCUT2D eigenvalue weighted by Crippen LogP contribution is -2.42. The van der Waals surface area contributed by atoms with Crippen molar-refractivity contribution in [3.63, 3.8) is 0 Å². The fourth-order valence-electron chi connectivity index (χ4n) is 8.12. The van der Waals surface area contributed by atoms with Crippen LogP contribution in [0.1, 0.15) is 33.9 Å². The molecule has 2 bridgehead atoms. The third-order valence-electron chi connectivity index (χ3n) is 9.75. The molecular formula is C33H23Cl2F3N2O4S2. The Hall–Kier alpha value is -3.25. The van der Waals surface area contributed by atoms with E-state index in [1.807, 2.05) is 24.3 Å². The van der Waals surface area contributed by atoms with Crippen LogP contribution in [0.2, 0.25) is 10.0 Å². The summed E-state index contributed by atoms with van der Waals surface area (Å²) >= 11 is 15.4. The monoisotopic (exact) mass is 702 g/mol. The Balaban J connectivity index is 1.19. The summed E-state index contributed by atoms with van der Waals surface area (Å²) < 4.78 is 47.0. The molecule has 6 unspecified atom stereocenters. The molecule has 2 aliphatic heterocycles. The second-order valence-corrected chi connectivity index (χ2v) is 15.2. The number of halogens is 5. The molecule has 236 valence electrons. The number of carbonyl (C=O) groups excluding carboxylic acids is 2. The minimum atomic E-state index is -4.62. The van der Waals surface area contributed by atoms with E-state index in [2.05, 4.69) is 4.98 Å². The summed E-state index contributed by atoms with van der Waals surface area (Å²) in [7, 11) is 0. The van der Waals surface area contributed by atoms with E-state index in [4.69, 9.17) is 27.9 Å². The number of carbonyl (C=O) groups is 2. The topological polar surface area (TPSA) is 79.5 Å². The van der Waals surface area contributed by atoms with Gasteiger partial charge in [0.05, 0.1) is 28.1 Å². The maximum atomic E-state index is 14.0. The van der Waals surface area contributed by atoms with Crippen LogP contribution < -0.4 is 14.5 Å². The lowest BCUT2D eigenvalue weighted by atomic mass is 9.68. The maximum Gasteiger partial charge on any atom is 0.416 e. The third kappa shape index (κ3) is 4.72. The van der Waals surface area contributed by atoms with Crippen LogP contribution in [0.3, 0.4) is 0 Å². The van der Waals surface area contributed by atoms with Crippen LogP contribution in [-0.2, 0) is 22.4 Å². The number of anilines is 1. The molecule has 3 fully saturated rings. The van der Waals surface area contributed by atoms with Gasteiger partial charge in [-0.05, 0) is 78.3 Å². The first-order chi connectivity index (χ1) is 22.0. The summed E-state index contributed by atoms with van der Waals surface area (Å²) in [6.45, 7) is 0.233. The second-order valence-electron chi connectivity index (χ2n) is 12.1. The molecule has 3 heterocycles. The number of nitrogens with zero attached hydrogens (tertiary/aromatic N) is 1. The number of thioether (sulfide) groups is 1. The van der Waals surface area contributed by atoms with Gasteiger partial charge >= 0.3 is 11.0 Å². The molecule has 8 rings (SSSR count). The second kappa shape index (κ2) is 10.9. The van der Waals surface area contributed by atoms with E-state index in [1.165, 1.54) is 23.9 Å². The molecule has 13 heteroatoms. The number of hydrogen-bond donors (Lipinski definition) is 1. The summed E-state index contributed by atoms with van der Waals surface area (Å²) in [5.41, 5.74) is 0.650. The van der Waals surface area contributed by atoms with Crippen molar-refractivity contribution in [3.8, 4) is 5.75 Å². The first kappa shape index (κ1) is 30.1. The number of aromatic amines is 1. The van der Waals surface area contributed by atoms with Crippen molar-refractivity contribution in [2.24, 2.45) is 29.6 Å². The number of alkyl halides is 3. The van der Waals surface area contributed by atoms with Gasteiger partial charge in [0.15, 0.2) is 0 Å². The summed E-state index contributed by atoms with van der Waals surface area (Å²) in [5, 5.41) is 1.66. The Kier molecular flexibility index (Phi) is 7.13. The number of imide groups is 1. The van der Waals surface area contributed by atoms with Gasteiger partial charge in [0.1, 0.15) is 12.4 Å². The number of aromatic nitrogens is 1. The molecule has 6 nitrogen and oxygen atoms in total. The van der Waals surface area contributed by atoms with Crippen molar-refractivity contribution >= 4 is 63.8 Å². The average molecular weight is 704 g/mol. The zero-order chi connectivity index (χ0) is 32.1. The fraction of sp³-hybridized carbons (Fsp3) is 0.303. The minimum Gasteiger partial charge on any atom is -0.489 e. The predicted molar refractivity (Wildman–Crippen MR) is 170 cm³/mol. The standard InChI is InChI=1S/C33H23Cl2F3N2O4S2/c34-16-5-1-3-14(9-16)13-44-22-8-7-17(35)11-19(22)23-24-20-12-21(27(24)45-29-28(23)46-32(43)39-29)26-25(20)30(41)40(31(26)42)18-6-2-4-15(10-18)33(36,37)38/h1-11,20-21,23-27H,12-13H2,(H,39,43)/t20?,21?,23-,24?,25?,26?,27?/m1/s1. The van der Waals surface area contributed by atoms with Gasteiger partial charge in [0, 0.05) is 31.7 Å². The first-order valence-electron chi connectivity index (χ1n) is 14.6. The molecule has 4 aromatic rings. The van der Waals surface area contributed by atoms with Crippen molar-refractivity contribution in [2.45, 2.75) is 35.4 Å². The van der Waals surface area contributed by atoms with E-state index in [-0.39, 0.29) is 46.1 Å². The fourth-order valence-corrected chi connectivity index (χ4v) is 11.4. The molecular weight excluding hydrogens is 680 g/mol. The molecule has 4 aliphatic rings. The van der Waals surface area contributed by atoms with Crippen LogP contribution in [-0.4, -0.2) is 22.0 Å². The van der Waals surface area contributed by atoms with E-state index < -0.39 is 35.4 Å². The van der Waals surface area contributed by atoms with E-state index in [0.29, 0.717) is 22.2 Å². The van der Waals surface area contributed by atoms with Gasteiger partial charge in [-0.2, -0.15) is 13.2 Å². The summed E-state index contributed by atoms with van der Waals surface area (Å²) in [4.78, 5) is 45.2. The first-order valence-corrected chi connectivity index (χ1v) is 17.1. The number of fused-ring (bicyclic) bond motifs is 9. The van der Waals surface area contributed by atoms with Crippen molar-refractivity contribution in [1.82, 2.24) is 4.98 Å². The summed E-state index contributed by atoms with van der Waals surface area (Å²) in [6, 6.07) is 17.1. The number of amides is 2. The van der Waals surface area contributed by atoms with Crippen molar-refractivity contribution in [2.75, 3.05) is 4.90 Å². The highest BCUT2D eigenvalue weighted by Gasteiger charge is 2.70. The van der Waals surface area contributed by atoms with Crippen LogP contribution in [0.25, 0.3) is 0 Å². The molecule has 1 aromatic heterocycles. The zero-order valence-corrected chi connectivity index (χ0v) is 26.7. The Morgan fingerprint density at radius 2 is 1.65 bits per heavy atom. The molecule has 3 aromatic carbocycles. The van der Waals surface area contributed by atoms with Gasteiger partial charge in [-0.1, -0.05) is 52.7 Å². The normalized spacial score (nSPS) is 27.9. The molecule has 2 aliphatic carbocycles. The Labute approximate surface area is 278 Å². The highest BCUT2D eigenvalue weighted by molar-refractivity contribution is 8.00. The molecule has 2 amide bonds. The average Bonchev–Trinajstić information content (AvgIpc) is 3.75. The molecule has 0 radical (unpaired) electrons. The highest BCUT2D eigenvalue weighted by Crippen LogP contribution is 2.69. The number of rotatable bonds is 5. The number of thiazole rings is 1. The van der Waals surface area contributed by atoms with Gasteiger partial charge in [0.2, 0.25) is 11.8 Å². The smallest absolute Gasteiger partial charge is 0.416 e. The Morgan fingerprint density at radius 1 is 0.913 bits per heavy atom. The van der Waals surface area contributed by atoms with E-state index >= 15 is 0 Å². The molecule has 1 N–H and O–H groups in total. The Bertz CT molecular complexity index is 1980. The predicted octanol–water partition coefficient (Wildman–Crippen LogP) is 8.02. The van der Waals surface area contributed by atoms with Gasteiger partial charge < -0.3 is 9.72 Å². The van der Waals surface area contributed by atoms with Crippen molar-refractivity contribution in [3.05, 3.63) is 108 Å². The number of nitrogens with one attached hydrogen (secondary N) is 1. The summed E-state index contributed by atoms with van der Waals surface area (Å²) in [6.07, 6.45) is -3.99. The number of benzene rings is 3. The maximum absolute atomic E-state index is 14.0. The van der Waals surface area contributed by atoms with E-state index in [9.17, 15) is 27.6 Å². The Morgan fingerprint density at radius 3 is 2.41 bits per heavy atom.